The smallest absolute Gasteiger partial charge is 0.340 e. The summed E-state index contributed by atoms with van der Waals surface area (Å²) in [6.07, 6.45) is -1.01. The van der Waals surface area contributed by atoms with E-state index in [9.17, 15) is 9.18 Å². The maximum Gasteiger partial charge on any atom is 0.340 e. The first-order chi connectivity index (χ1) is 6.93. The van der Waals surface area contributed by atoms with Gasteiger partial charge >= 0.3 is 5.97 Å². The lowest BCUT2D eigenvalue weighted by atomic mass is 10.2. The monoisotopic (exact) mass is 222 g/mol. The summed E-state index contributed by atoms with van der Waals surface area (Å²) in [6, 6.07) is 0. The largest absolute Gasteiger partial charge is 0.467 e. The van der Waals surface area contributed by atoms with E-state index in [0.29, 0.717) is 13.0 Å². The van der Waals surface area contributed by atoms with E-state index in [0.717, 1.165) is 0 Å². The van der Waals surface area contributed by atoms with E-state index in [1.54, 1.807) is 13.8 Å². The van der Waals surface area contributed by atoms with Crippen LogP contribution in [0.5, 0.6) is 0 Å². The Hall–Kier alpha value is -0.680. The van der Waals surface area contributed by atoms with E-state index < -0.39 is 17.9 Å². The Morgan fingerprint density at radius 1 is 1.40 bits per heavy atom. The Kier molecular flexibility index (Phi) is 6.43. The van der Waals surface area contributed by atoms with Gasteiger partial charge in [-0.15, -0.1) is 0 Å². The minimum atomic E-state index is -1.57. The van der Waals surface area contributed by atoms with Crippen molar-refractivity contribution in [3.8, 4) is 0 Å². The van der Waals surface area contributed by atoms with Gasteiger partial charge in [-0.2, -0.15) is 0 Å². The van der Waals surface area contributed by atoms with Gasteiger partial charge in [-0.05, 0) is 26.7 Å². The van der Waals surface area contributed by atoms with Crippen molar-refractivity contribution in [2.75, 3.05) is 20.8 Å². The molecule has 1 atom stereocenters. The number of carbonyl (C=O) groups is 1. The third kappa shape index (κ3) is 6.41. The van der Waals surface area contributed by atoms with Crippen LogP contribution in [0.1, 0.15) is 26.7 Å². The van der Waals surface area contributed by atoms with Gasteiger partial charge in [0.25, 0.3) is 0 Å². The lowest BCUT2D eigenvalue weighted by Gasteiger charge is -2.23. The molecule has 0 fully saturated rings. The number of rotatable bonds is 7. The van der Waals surface area contributed by atoms with Gasteiger partial charge in [0, 0.05) is 7.11 Å². The maximum absolute atomic E-state index is 12.9. The van der Waals surface area contributed by atoms with Crippen LogP contribution in [-0.2, 0) is 19.0 Å². The van der Waals surface area contributed by atoms with E-state index in [1.807, 2.05) is 0 Å². The molecule has 0 aromatic carbocycles. The molecule has 4 nitrogen and oxygen atoms in total. The predicted octanol–water partition coefficient (Wildman–Crippen LogP) is 1.68. The Bertz CT molecular complexity index is 194. The SMILES string of the molecule is COC(=O)C(F)CCCOC(C)(C)OC. The molecular formula is C10H19FO4. The van der Waals surface area contributed by atoms with Gasteiger partial charge in [-0.3, -0.25) is 0 Å². The zero-order valence-corrected chi connectivity index (χ0v) is 9.71. The van der Waals surface area contributed by atoms with E-state index in [-0.39, 0.29) is 6.42 Å². The van der Waals surface area contributed by atoms with Crippen LogP contribution in [0.25, 0.3) is 0 Å². The van der Waals surface area contributed by atoms with E-state index in [2.05, 4.69) is 4.74 Å². The summed E-state index contributed by atoms with van der Waals surface area (Å²) < 4.78 is 27.5. The summed E-state index contributed by atoms with van der Waals surface area (Å²) in [6.45, 7) is 3.87. The molecule has 0 bridgehead atoms. The fraction of sp³-hybridized carbons (Fsp3) is 0.900. The van der Waals surface area contributed by atoms with Crippen LogP contribution in [0.4, 0.5) is 4.39 Å². The highest BCUT2D eigenvalue weighted by atomic mass is 19.1. The first-order valence-corrected chi connectivity index (χ1v) is 4.84. The van der Waals surface area contributed by atoms with Crippen molar-refractivity contribution < 1.29 is 23.4 Å². The van der Waals surface area contributed by atoms with Gasteiger partial charge in [0.05, 0.1) is 13.7 Å². The third-order valence-corrected chi connectivity index (χ3v) is 2.00. The second kappa shape index (κ2) is 6.74. The summed E-state index contributed by atoms with van der Waals surface area (Å²) in [4.78, 5) is 10.7. The average Bonchev–Trinajstić information content (AvgIpc) is 2.22. The Labute approximate surface area is 89.7 Å². The zero-order valence-electron chi connectivity index (χ0n) is 9.71. The molecule has 15 heavy (non-hydrogen) atoms. The molecule has 0 heterocycles. The van der Waals surface area contributed by atoms with Crippen LogP contribution in [0.15, 0.2) is 0 Å². The van der Waals surface area contributed by atoms with Crippen molar-refractivity contribution >= 4 is 5.97 Å². The molecule has 0 N–H and O–H groups in total. The molecule has 0 radical (unpaired) electrons. The van der Waals surface area contributed by atoms with Gasteiger partial charge in [-0.25, -0.2) is 9.18 Å². The predicted molar refractivity (Wildman–Crippen MR) is 53.2 cm³/mol. The normalized spacial score (nSPS) is 13.7. The fourth-order valence-electron chi connectivity index (χ4n) is 0.885. The fourth-order valence-corrected chi connectivity index (χ4v) is 0.885. The molecule has 0 aliphatic carbocycles. The highest BCUT2D eigenvalue weighted by molar-refractivity contribution is 5.74. The minimum absolute atomic E-state index is 0.104. The summed E-state index contributed by atoms with van der Waals surface area (Å²) >= 11 is 0. The van der Waals surface area contributed by atoms with Crippen molar-refractivity contribution in [3.63, 3.8) is 0 Å². The standard InChI is InChI=1S/C10H19FO4/c1-10(2,14-4)15-7-5-6-8(11)9(12)13-3/h8H,5-7H2,1-4H3. The molecular weight excluding hydrogens is 203 g/mol. The number of halogens is 1. The number of hydrogen-bond donors (Lipinski definition) is 0. The first kappa shape index (κ1) is 14.3. The molecule has 0 aliphatic heterocycles. The Morgan fingerprint density at radius 2 is 2.00 bits per heavy atom. The molecule has 0 saturated heterocycles. The molecule has 0 saturated carbocycles. The number of hydrogen-bond acceptors (Lipinski definition) is 4. The van der Waals surface area contributed by atoms with Crippen molar-refractivity contribution in [2.45, 2.75) is 38.6 Å². The molecule has 0 rings (SSSR count). The molecule has 5 heteroatoms. The van der Waals surface area contributed by atoms with Gasteiger partial charge in [-0.1, -0.05) is 0 Å². The number of alkyl halides is 1. The number of esters is 1. The minimum Gasteiger partial charge on any atom is -0.467 e. The second-order valence-electron chi connectivity index (χ2n) is 3.59. The summed E-state index contributed by atoms with van der Waals surface area (Å²) in [5.74, 6) is -1.50. The summed E-state index contributed by atoms with van der Waals surface area (Å²) in [5, 5.41) is 0. The van der Waals surface area contributed by atoms with Crippen molar-refractivity contribution in [1.29, 1.82) is 0 Å². The summed E-state index contributed by atoms with van der Waals surface area (Å²) in [5.41, 5.74) is 0. The van der Waals surface area contributed by atoms with E-state index in [4.69, 9.17) is 9.47 Å². The Morgan fingerprint density at radius 3 is 2.47 bits per heavy atom. The van der Waals surface area contributed by atoms with E-state index in [1.165, 1.54) is 14.2 Å². The molecule has 0 amide bonds. The first-order valence-electron chi connectivity index (χ1n) is 4.84. The number of methoxy groups -OCH3 is 2. The molecule has 0 aromatic rings. The number of ether oxygens (including phenoxy) is 3. The van der Waals surface area contributed by atoms with Crippen LogP contribution >= 0.6 is 0 Å². The highest BCUT2D eigenvalue weighted by Gasteiger charge is 2.19. The van der Waals surface area contributed by atoms with E-state index >= 15 is 0 Å². The second-order valence-corrected chi connectivity index (χ2v) is 3.59. The summed E-state index contributed by atoms with van der Waals surface area (Å²) in [7, 11) is 2.70. The van der Waals surface area contributed by atoms with Gasteiger partial charge in [0.1, 0.15) is 0 Å². The van der Waals surface area contributed by atoms with Gasteiger partial charge in [0.15, 0.2) is 12.0 Å². The van der Waals surface area contributed by atoms with Crippen LogP contribution in [0.2, 0.25) is 0 Å². The number of carbonyl (C=O) groups excluding carboxylic acids is 1. The maximum atomic E-state index is 12.9. The van der Waals surface area contributed by atoms with Crippen molar-refractivity contribution in [3.05, 3.63) is 0 Å². The third-order valence-electron chi connectivity index (χ3n) is 2.00. The Balaban J connectivity index is 3.59. The topological polar surface area (TPSA) is 44.8 Å². The van der Waals surface area contributed by atoms with Crippen molar-refractivity contribution in [2.24, 2.45) is 0 Å². The average molecular weight is 222 g/mol. The zero-order chi connectivity index (χ0) is 11.9. The van der Waals surface area contributed by atoms with Crippen LogP contribution < -0.4 is 0 Å². The molecule has 0 spiro atoms. The molecule has 1 unspecified atom stereocenters. The van der Waals surface area contributed by atoms with Gasteiger partial charge < -0.3 is 14.2 Å². The van der Waals surface area contributed by atoms with Gasteiger partial charge in [0.2, 0.25) is 0 Å². The quantitative estimate of drug-likeness (QED) is 0.373. The molecule has 90 valence electrons. The molecule has 0 aliphatic rings. The van der Waals surface area contributed by atoms with Crippen LogP contribution in [0.3, 0.4) is 0 Å². The van der Waals surface area contributed by atoms with Crippen LogP contribution in [0, 0.1) is 0 Å². The highest BCUT2D eigenvalue weighted by Crippen LogP contribution is 2.11. The lowest BCUT2D eigenvalue weighted by molar-refractivity contribution is -0.197. The lowest BCUT2D eigenvalue weighted by Crippen LogP contribution is -2.27. The van der Waals surface area contributed by atoms with Crippen LogP contribution in [-0.4, -0.2) is 38.8 Å². The van der Waals surface area contributed by atoms with Crippen molar-refractivity contribution in [1.82, 2.24) is 0 Å². The molecule has 0 aromatic heterocycles.